The predicted octanol–water partition coefficient (Wildman–Crippen LogP) is 1.40. The third kappa shape index (κ3) is 2.54. The molecule has 0 aromatic heterocycles. The third-order valence-electron chi connectivity index (χ3n) is 1.88. The van der Waals surface area contributed by atoms with E-state index in [0.717, 1.165) is 6.42 Å². The molecule has 0 aromatic rings. The zero-order valence-electron chi connectivity index (χ0n) is 7.63. The zero-order chi connectivity index (χ0) is 9.84. The topological polar surface area (TPSA) is 43.4 Å². The summed E-state index contributed by atoms with van der Waals surface area (Å²) in [6, 6.07) is 0. The Morgan fingerprint density at radius 2 is 2.38 bits per heavy atom. The van der Waals surface area contributed by atoms with E-state index in [1.54, 1.807) is 6.08 Å². The molecule has 1 aliphatic rings. The summed E-state index contributed by atoms with van der Waals surface area (Å²) in [7, 11) is 0. The van der Waals surface area contributed by atoms with Crippen LogP contribution in [0.15, 0.2) is 23.8 Å². The number of allylic oxidation sites excluding steroid dienone is 2. The average Bonchev–Trinajstić information content (AvgIpc) is 2.07. The van der Waals surface area contributed by atoms with Crippen molar-refractivity contribution >= 4 is 11.8 Å². The Balaban J connectivity index is 2.58. The largest absolute Gasteiger partial charge is 0.461 e. The van der Waals surface area contributed by atoms with Crippen LogP contribution in [0.3, 0.4) is 0 Å². The summed E-state index contributed by atoms with van der Waals surface area (Å²) in [4.78, 5) is 21.9. The summed E-state index contributed by atoms with van der Waals surface area (Å²) < 4.78 is 4.73. The van der Waals surface area contributed by atoms with E-state index in [9.17, 15) is 9.59 Å². The first-order valence-corrected chi connectivity index (χ1v) is 4.16. The van der Waals surface area contributed by atoms with Crippen LogP contribution >= 0.6 is 0 Å². The van der Waals surface area contributed by atoms with Gasteiger partial charge in [-0.1, -0.05) is 12.7 Å². The van der Waals surface area contributed by atoms with Crippen molar-refractivity contribution < 1.29 is 14.3 Å². The fraction of sp³-hybridized carbons (Fsp3) is 0.400. The molecule has 0 radical (unpaired) electrons. The molecule has 1 aliphatic carbocycles. The van der Waals surface area contributed by atoms with Crippen LogP contribution in [-0.2, 0) is 14.3 Å². The molecule has 13 heavy (non-hydrogen) atoms. The molecule has 0 unspecified atom stereocenters. The number of ketones is 1. The van der Waals surface area contributed by atoms with E-state index in [2.05, 4.69) is 6.58 Å². The maximum Gasteiger partial charge on any atom is 0.302 e. The number of Topliss-reactive ketones (excluding diaryl/α,β-unsaturated/α-hetero) is 1. The summed E-state index contributed by atoms with van der Waals surface area (Å²) in [5.41, 5.74) is 1.15. The van der Waals surface area contributed by atoms with Crippen molar-refractivity contribution in [3.63, 3.8) is 0 Å². The first kappa shape index (κ1) is 9.71. The molecular weight excluding hydrogens is 168 g/mol. The molecule has 70 valence electrons. The van der Waals surface area contributed by atoms with Crippen LogP contribution < -0.4 is 0 Å². The Morgan fingerprint density at radius 3 is 3.00 bits per heavy atom. The Hall–Kier alpha value is -1.38. The van der Waals surface area contributed by atoms with E-state index in [1.165, 1.54) is 6.92 Å². The van der Waals surface area contributed by atoms with Crippen LogP contribution in [0.4, 0.5) is 0 Å². The number of ether oxygens (including phenoxy) is 1. The molecule has 0 spiro atoms. The van der Waals surface area contributed by atoms with Gasteiger partial charge in [0.2, 0.25) is 0 Å². The predicted molar refractivity (Wildman–Crippen MR) is 48.1 cm³/mol. The SMILES string of the molecule is C=C1CCC=C(COC(C)=O)C1=O. The van der Waals surface area contributed by atoms with Crippen molar-refractivity contribution in [3.05, 3.63) is 23.8 Å². The number of carbonyl (C=O) groups is 2. The lowest BCUT2D eigenvalue weighted by Crippen LogP contribution is -2.15. The monoisotopic (exact) mass is 180 g/mol. The Bertz CT molecular complexity index is 287. The van der Waals surface area contributed by atoms with E-state index >= 15 is 0 Å². The van der Waals surface area contributed by atoms with Gasteiger partial charge in [-0.05, 0) is 18.4 Å². The number of hydrogen-bond donors (Lipinski definition) is 0. The maximum atomic E-state index is 11.4. The lowest BCUT2D eigenvalue weighted by atomic mass is 9.94. The Kier molecular flexibility index (Phi) is 3.01. The van der Waals surface area contributed by atoms with Gasteiger partial charge in [0.15, 0.2) is 5.78 Å². The van der Waals surface area contributed by atoms with Gasteiger partial charge in [-0.15, -0.1) is 0 Å². The minimum atomic E-state index is -0.370. The van der Waals surface area contributed by atoms with Crippen molar-refractivity contribution in [2.24, 2.45) is 0 Å². The van der Waals surface area contributed by atoms with Crippen molar-refractivity contribution in [2.75, 3.05) is 6.61 Å². The minimum absolute atomic E-state index is 0.0764. The lowest BCUT2D eigenvalue weighted by Gasteiger charge is -2.13. The van der Waals surface area contributed by atoms with Gasteiger partial charge in [0.05, 0.1) is 0 Å². The van der Waals surface area contributed by atoms with Gasteiger partial charge >= 0.3 is 5.97 Å². The van der Waals surface area contributed by atoms with E-state index in [1.807, 2.05) is 0 Å². The molecule has 0 fully saturated rings. The van der Waals surface area contributed by atoms with Gasteiger partial charge in [0.1, 0.15) is 6.61 Å². The molecule has 0 aliphatic heterocycles. The van der Waals surface area contributed by atoms with Crippen LogP contribution in [-0.4, -0.2) is 18.4 Å². The Morgan fingerprint density at radius 1 is 1.69 bits per heavy atom. The van der Waals surface area contributed by atoms with Crippen molar-refractivity contribution in [1.29, 1.82) is 0 Å². The molecule has 3 heteroatoms. The highest BCUT2D eigenvalue weighted by Gasteiger charge is 2.17. The smallest absolute Gasteiger partial charge is 0.302 e. The highest BCUT2D eigenvalue weighted by molar-refractivity contribution is 6.08. The average molecular weight is 180 g/mol. The van der Waals surface area contributed by atoms with E-state index < -0.39 is 0 Å². The summed E-state index contributed by atoms with van der Waals surface area (Å²) in [5, 5.41) is 0. The zero-order valence-corrected chi connectivity index (χ0v) is 7.63. The second-order valence-electron chi connectivity index (χ2n) is 2.98. The summed E-state index contributed by atoms with van der Waals surface area (Å²) in [6.45, 7) is 5.04. The second-order valence-corrected chi connectivity index (χ2v) is 2.98. The van der Waals surface area contributed by atoms with Crippen LogP contribution in [0.5, 0.6) is 0 Å². The first-order valence-electron chi connectivity index (χ1n) is 4.16. The minimum Gasteiger partial charge on any atom is -0.461 e. The van der Waals surface area contributed by atoms with Crippen LogP contribution in [0.2, 0.25) is 0 Å². The summed E-state index contributed by atoms with van der Waals surface area (Å²) >= 11 is 0. The van der Waals surface area contributed by atoms with Gasteiger partial charge in [0.25, 0.3) is 0 Å². The number of carbonyl (C=O) groups excluding carboxylic acids is 2. The highest BCUT2D eigenvalue weighted by atomic mass is 16.5. The van der Waals surface area contributed by atoms with Crippen molar-refractivity contribution in [1.82, 2.24) is 0 Å². The Labute approximate surface area is 77.1 Å². The van der Waals surface area contributed by atoms with Gasteiger partial charge < -0.3 is 4.74 Å². The molecule has 0 aromatic carbocycles. The highest BCUT2D eigenvalue weighted by Crippen LogP contribution is 2.18. The van der Waals surface area contributed by atoms with Crippen LogP contribution in [0.25, 0.3) is 0 Å². The first-order chi connectivity index (χ1) is 6.11. The fourth-order valence-electron chi connectivity index (χ4n) is 1.16. The molecule has 0 heterocycles. The third-order valence-corrected chi connectivity index (χ3v) is 1.88. The number of esters is 1. The van der Waals surface area contributed by atoms with Gasteiger partial charge in [-0.3, -0.25) is 9.59 Å². The van der Waals surface area contributed by atoms with E-state index in [-0.39, 0.29) is 18.4 Å². The van der Waals surface area contributed by atoms with E-state index in [4.69, 9.17) is 4.74 Å². The molecule has 0 saturated heterocycles. The van der Waals surface area contributed by atoms with Crippen LogP contribution in [0, 0.1) is 0 Å². The number of rotatable bonds is 2. The van der Waals surface area contributed by atoms with Gasteiger partial charge in [-0.2, -0.15) is 0 Å². The molecule has 1 rings (SSSR count). The molecule has 3 nitrogen and oxygen atoms in total. The fourth-order valence-corrected chi connectivity index (χ4v) is 1.16. The summed E-state index contributed by atoms with van der Waals surface area (Å²) in [6.07, 6.45) is 3.32. The molecular formula is C10H12O3. The quantitative estimate of drug-likeness (QED) is 0.476. The second kappa shape index (κ2) is 4.03. The van der Waals surface area contributed by atoms with Gasteiger partial charge in [0, 0.05) is 12.5 Å². The molecule has 0 bridgehead atoms. The van der Waals surface area contributed by atoms with E-state index in [0.29, 0.717) is 17.6 Å². The molecule has 0 saturated carbocycles. The summed E-state index contributed by atoms with van der Waals surface area (Å²) in [5.74, 6) is -0.447. The molecule has 0 amide bonds. The standard InChI is InChI=1S/C10H12O3/c1-7-4-3-5-9(10(7)12)6-13-8(2)11/h5H,1,3-4,6H2,2H3. The van der Waals surface area contributed by atoms with Crippen molar-refractivity contribution in [2.45, 2.75) is 19.8 Å². The lowest BCUT2D eigenvalue weighted by molar-refractivity contribution is -0.140. The van der Waals surface area contributed by atoms with Crippen molar-refractivity contribution in [3.8, 4) is 0 Å². The van der Waals surface area contributed by atoms with Crippen LogP contribution in [0.1, 0.15) is 19.8 Å². The molecule has 0 N–H and O–H groups in total. The maximum absolute atomic E-state index is 11.4. The molecule has 0 atom stereocenters. The number of hydrogen-bond acceptors (Lipinski definition) is 3. The normalized spacial score (nSPS) is 16.8. The van der Waals surface area contributed by atoms with Gasteiger partial charge in [-0.25, -0.2) is 0 Å².